The number of hydrogen-bond acceptors (Lipinski definition) is 7. The van der Waals surface area contributed by atoms with Crippen LogP contribution < -0.4 is 10.1 Å². The highest BCUT2D eigenvalue weighted by atomic mass is 35.5. The second kappa shape index (κ2) is 11.4. The van der Waals surface area contributed by atoms with Gasteiger partial charge in [-0.3, -0.25) is 9.89 Å². The Morgan fingerprint density at radius 2 is 2.09 bits per heavy atom. The molecule has 1 aliphatic carbocycles. The molecule has 1 heterocycles. The normalized spacial score (nSPS) is 15.1. The molecule has 1 amide bonds. The fourth-order valence-corrected chi connectivity index (χ4v) is 6.33. The number of thioether (sulfide) groups is 1. The average Bonchev–Trinajstić information content (AvgIpc) is 3.20. The Bertz CT molecular complexity index is 1020. The van der Waals surface area contributed by atoms with E-state index >= 15 is 0 Å². The highest BCUT2D eigenvalue weighted by Crippen LogP contribution is 2.31. The molecule has 1 aromatic carbocycles. The zero-order valence-electron chi connectivity index (χ0n) is 18.1. The van der Waals surface area contributed by atoms with E-state index in [2.05, 4.69) is 20.5 Å². The van der Waals surface area contributed by atoms with Gasteiger partial charge in [-0.1, -0.05) is 42.6 Å². The Kier molecular flexibility index (Phi) is 8.80. The van der Waals surface area contributed by atoms with Crippen molar-refractivity contribution in [1.29, 1.82) is 0 Å². The Morgan fingerprint density at radius 1 is 1.34 bits per heavy atom. The van der Waals surface area contributed by atoms with Crippen LogP contribution in [0.2, 0.25) is 5.02 Å². The highest BCUT2D eigenvalue weighted by molar-refractivity contribution is 7.99. The molecule has 1 aliphatic rings. The van der Waals surface area contributed by atoms with Gasteiger partial charge in [0, 0.05) is 18.3 Å². The molecule has 0 radical (unpaired) electrons. The number of H-pyrrole nitrogens is 1. The number of amides is 1. The number of carbonyl (C=O) groups is 1. The number of aromatic nitrogens is 3. The standard InChI is InChI=1S/C20H28ClN5O4S2/c1-14-23-20(25-24-14)31-11-10-22-19(27)13-26(15-6-4-3-5-7-15)32(28,29)16-8-9-18(30-2)17(21)12-16/h8-9,12,15H,3-7,10-11,13H2,1-2H3,(H,22,27)(H,23,24,25). The van der Waals surface area contributed by atoms with Gasteiger partial charge < -0.3 is 10.1 Å². The van der Waals surface area contributed by atoms with Crippen LogP contribution in [-0.2, 0) is 14.8 Å². The molecular weight excluding hydrogens is 474 g/mol. The average molecular weight is 502 g/mol. The molecule has 9 nitrogen and oxygen atoms in total. The molecule has 2 aromatic rings. The van der Waals surface area contributed by atoms with Gasteiger partial charge in [0.1, 0.15) is 11.6 Å². The van der Waals surface area contributed by atoms with Gasteiger partial charge in [-0.05, 0) is 38.0 Å². The second-order valence-electron chi connectivity index (χ2n) is 7.54. The van der Waals surface area contributed by atoms with Gasteiger partial charge in [-0.2, -0.15) is 4.31 Å². The molecule has 0 bridgehead atoms. The predicted molar refractivity (Wildman–Crippen MR) is 124 cm³/mol. The third-order valence-corrected chi connectivity index (χ3v) is 8.28. The lowest BCUT2D eigenvalue weighted by atomic mass is 9.95. The summed E-state index contributed by atoms with van der Waals surface area (Å²) in [6.07, 6.45) is 4.42. The summed E-state index contributed by atoms with van der Waals surface area (Å²) in [5.41, 5.74) is 0. The first-order valence-electron chi connectivity index (χ1n) is 10.4. The number of aromatic amines is 1. The summed E-state index contributed by atoms with van der Waals surface area (Å²) >= 11 is 7.58. The van der Waals surface area contributed by atoms with Crippen LogP contribution in [0.4, 0.5) is 0 Å². The Morgan fingerprint density at radius 3 is 2.72 bits per heavy atom. The van der Waals surface area contributed by atoms with Gasteiger partial charge in [0.25, 0.3) is 0 Å². The number of nitrogens with zero attached hydrogens (tertiary/aromatic N) is 3. The number of benzene rings is 1. The van der Waals surface area contributed by atoms with E-state index in [1.807, 2.05) is 6.92 Å². The molecule has 12 heteroatoms. The van der Waals surface area contributed by atoms with E-state index in [-0.39, 0.29) is 28.4 Å². The first-order chi connectivity index (χ1) is 15.3. The number of halogens is 1. The SMILES string of the molecule is COc1ccc(S(=O)(=O)N(CC(=O)NCCSc2n[nH]c(C)n2)C2CCCCC2)cc1Cl. The van der Waals surface area contributed by atoms with Crippen LogP contribution in [0.5, 0.6) is 5.75 Å². The first kappa shape index (κ1) is 24.8. The Balaban J connectivity index is 1.68. The van der Waals surface area contributed by atoms with E-state index in [9.17, 15) is 13.2 Å². The summed E-state index contributed by atoms with van der Waals surface area (Å²) in [5.74, 6) is 1.36. The lowest BCUT2D eigenvalue weighted by molar-refractivity contribution is -0.121. The van der Waals surface area contributed by atoms with E-state index < -0.39 is 10.0 Å². The van der Waals surface area contributed by atoms with Gasteiger partial charge in [0.15, 0.2) is 0 Å². The Hall–Kier alpha value is -1.82. The molecule has 0 spiro atoms. The molecule has 0 aliphatic heterocycles. The van der Waals surface area contributed by atoms with E-state index in [0.29, 0.717) is 23.2 Å². The van der Waals surface area contributed by atoms with Crippen molar-refractivity contribution in [3.63, 3.8) is 0 Å². The van der Waals surface area contributed by atoms with Gasteiger partial charge >= 0.3 is 0 Å². The molecule has 2 N–H and O–H groups in total. The molecule has 1 fully saturated rings. The quantitative estimate of drug-likeness (QED) is 0.379. The van der Waals surface area contributed by atoms with Crippen LogP contribution in [-0.4, -0.2) is 65.8 Å². The molecule has 0 unspecified atom stereocenters. The number of sulfonamides is 1. The topological polar surface area (TPSA) is 117 Å². The largest absolute Gasteiger partial charge is 0.495 e. The predicted octanol–water partition coefficient (Wildman–Crippen LogP) is 3.01. The summed E-state index contributed by atoms with van der Waals surface area (Å²) in [7, 11) is -2.44. The molecule has 176 valence electrons. The third kappa shape index (κ3) is 6.37. The summed E-state index contributed by atoms with van der Waals surface area (Å²) < 4.78 is 33.4. The van der Waals surface area contributed by atoms with Crippen molar-refractivity contribution < 1.29 is 17.9 Å². The Labute approximate surface area is 197 Å². The number of methoxy groups -OCH3 is 1. The third-order valence-electron chi connectivity index (χ3n) is 5.24. The lowest BCUT2D eigenvalue weighted by Crippen LogP contribution is -2.47. The van der Waals surface area contributed by atoms with Crippen LogP contribution in [0.15, 0.2) is 28.3 Å². The molecule has 0 atom stereocenters. The van der Waals surface area contributed by atoms with Crippen LogP contribution in [0.3, 0.4) is 0 Å². The van der Waals surface area contributed by atoms with Crippen molar-refractivity contribution in [3.8, 4) is 5.75 Å². The van der Waals surface area contributed by atoms with Gasteiger partial charge in [-0.15, -0.1) is 5.10 Å². The van der Waals surface area contributed by atoms with E-state index in [0.717, 1.165) is 37.9 Å². The number of rotatable bonds is 10. The van der Waals surface area contributed by atoms with E-state index in [1.54, 1.807) is 0 Å². The minimum Gasteiger partial charge on any atom is -0.495 e. The summed E-state index contributed by atoms with van der Waals surface area (Å²) in [6, 6.07) is 4.14. The smallest absolute Gasteiger partial charge is 0.243 e. The number of carbonyl (C=O) groups excluding carboxylic acids is 1. The van der Waals surface area contributed by atoms with Crippen LogP contribution in [0, 0.1) is 6.92 Å². The number of ether oxygens (including phenoxy) is 1. The van der Waals surface area contributed by atoms with Crippen LogP contribution >= 0.6 is 23.4 Å². The molecule has 0 saturated heterocycles. The first-order valence-corrected chi connectivity index (χ1v) is 13.3. The van der Waals surface area contributed by atoms with Crippen LogP contribution in [0.25, 0.3) is 0 Å². The number of nitrogens with one attached hydrogen (secondary N) is 2. The number of aryl methyl sites for hydroxylation is 1. The zero-order chi connectivity index (χ0) is 23.1. The van der Waals surface area contributed by atoms with Gasteiger partial charge in [0.2, 0.25) is 21.1 Å². The molecular formula is C20H28ClN5O4S2. The number of hydrogen-bond donors (Lipinski definition) is 2. The fourth-order valence-electron chi connectivity index (χ4n) is 3.64. The molecule has 32 heavy (non-hydrogen) atoms. The van der Waals surface area contributed by atoms with Crippen molar-refractivity contribution in [2.24, 2.45) is 0 Å². The maximum Gasteiger partial charge on any atom is 0.243 e. The van der Waals surface area contributed by atoms with Crippen molar-refractivity contribution >= 4 is 39.3 Å². The second-order valence-corrected chi connectivity index (χ2v) is 10.9. The zero-order valence-corrected chi connectivity index (χ0v) is 20.5. The molecule has 1 saturated carbocycles. The maximum atomic E-state index is 13.5. The summed E-state index contributed by atoms with van der Waals surface area (Å²) in [6.45, 7) is 1.96. The maximum absolute atomic E-state index is 13.5. The fraction of sp³-hybridized carbons (Fsp3) is 0.550. The lowest BCUT2D eigenvalue weighted by Gasteiger charge is -2.33. The van der Waals surface area contributed by atoms with Crippen LogP contribution in [0.1, 0.15) is 37.9 Å². The van der Waals surface area contributed by atoms with Crippen molar-refractivity contribution in [3.05, 3.63) is 29.0 Å². The summed E-state index contributed by atoms with van der Waals surface area (Å²) in [4.78, 5) is 16.9. The monoisotopic (exact) mass is 501 g/mol. The van der Waals surface area contributed by atoms with Gasteiger partial charge in [0.05, 0.1) is 23.6 Å². The van der Waals surface area contributed by atoms with Gasteiger partial charge in [-0.25, -0.2) is 13.4 Å². The minimum atomic E-state index is -3.91. The highest BCUT2D eigenvalue weighted by Gasteiger charge is 2.34. The molecule has 3 rings (SSSR count). The summed E-state index contributed by atoms with van der Waals surface area (Å²) in [5, 5.41) is 10.4. The van der Waals surface area contributed by atoms with Crippen molar-refractivity contribution in [2.75, 3.05) is 26.0 Å². The van der Waals surface area contributed by atoms with Crippen molar-refractivity contribution in [2.45, 2.75) is 55.1 Å². The molecule has 1 aromatic heterocycles. The minimum absolute atomic E-state index is 0.0530. The van der Waals surface area contributed by atoms with Crippen molar-refractivity contribution in [1.82, 2.24) is 24.8 Å². The van der Waals surface area contributed by atoms with E-state index in [4.69, 9.17) is 16.3 Å². The van der Waals surface area contributed by atoms with E-state index in [1.165, 1.54) is 41.4 Å².